The molecular formula is C24H28ClN3O3. The molecule has 0 aromatic heterocycles. The molecule has 1 N–H and O–H groups in total. The van der Waals surface area contributed by atoms with Crippen LogP contribution in [-0.4, -0.2) is 49.0 Å². The number of esters is 1. The predicted molar refractivity (Wildman–Crippen MR) is 123 cm³/mol. The highest BCUT2D eigenvalue weighted by Gasteiger charge is 2.34. The van der Waals surface area contributed by atoms with Crippen molar-refractivity contribution in [1.82, 2.24) is 10.2 Å². The Labute approximate surface area is 188 Å². The lowest BCUT2D eigenvalue weighted by Gasteiger charge is -2.38. The van der Waals surface area contributed by atoms with Gasteiger partial charge >= 0.3 is 5.97 Å². The summed E-state index contributed by atoms with van der Waals surface area (Å²) in [5.74, 6) is 1.95. The van der Waals surface area contributed by atoms with Crippen LogP contribution >= 0.6 is 11.6 Å². The third kappa shape index (κ3) is 4.70. The molecule has 0 aliphatic carbocycles. The van der Waals surface area contributed by atoms with E-state index in [1.54, 1.807) is 6.07 Å². The van der Waals surface area contributed by atoms with E-state index in [-0.39, 0.29) is 17.9 Å². The van der Waals surface area contributed by atoms with Gasteiger partial charge in [0.2, 0.25) is 0 Å². The average Bonchev–Trinajstić information content (AvgIpc) is 2.94. The number of halogens is 1. The number of nitrogens with zero attached hydrogens (tertiary/aromatic N) is 2. The molecule has 31 heavy (non-hydrogen) atoms. The smallest absolute Gasteiger partial charge is 0.310 e. The number of benzene rings is 2. The standard InChI is InChI=1S/C24H28ClN3O3/c1-3-7-17(24(29)30-4-2)20-15-28(13-12-26-20)23-18-8-5-6-9-21(18)31-22-11-10-16(25)14-19(22)27-23/h5-6,8-11,14,17,20,26H,3-4,7,12-13,15H2,1-2H3. The number of carbonyl (C=O) groups excluding carboxylic acids is 1. The van der Waals surface area contributed by atoms with Gasteiger partial charge in [0.25, 0.3) is 0 Å². The molecule has 0 bridgehead atoms. The number of ether oxygens (including phenoxy) is 2. The zero-order chi connectivity index (χ0) is 21.8. The number of nitrogens with one attached hydrogen (secondary N) is 1. The van der Waals surface area contributed by atoms with Crippen LogP contribution in [0.3, 0.4) is 0 Å². The highest BCUT2D eigenvalue weighted by atomic mass is 35.5. The molecule has 0 spiro atoms. The Bertz CT molecular complexity index is 978. The minimum absolute atomic E-state index is 0.00869. The molecule has 1 saturated heterocycles. The van der Waals surface area contributed by atoms with Crippen LogP contribution in [0.2, 0.25) is 5.02 Å². The van der Waals surface area contributed by atoms with E-state index in [0.717, 1.165) is 43.1 Å². The van der Waals surface area contributed by atoms with Crippen molar-refractivity contribution in [1.29, 1.82) is 0 Å². The number of rotatable bonds is 5. The van der Waals surface area contributed by atoms with Crippen molar-refractivity contribution in [3.05, 3.63) is 53.1 Å². The van der Waals surface area contributed by atoms with E-state index in [0.29, 0.717) is 29.6 Å². The van der Waals surface area contributed by atoms with Gasteiger partial charge in [-0.05, 0) is 43.7 Å². The molecule has 4 rings (SSSR count). The summed E-state index contributed by atoms with van der Waals surface area (Å²) in [6, 6.07) is 13.4. The fourth-order valence-electron chi connectivity index (χ4n) is 4.22. The first-order valence-corrected chi connectivity index (χ1v) is 11.3. The van der Waals surface area contributed by atoms with Crippen LogP contribution in [0.25, 0.3) is 0 Å². The van der Waals surface area contributed by atoms with Crippen molar-refractivity contribution >= 4 is 29.1 Å². The van der Waals surface area contributed by atoms with Gasteiger partial charge in [0.15, 0.2) is 5.75 Å². The molecule has 2 aromatic carbocycles. The first-order chi connectivity index (χ1) is 15.1. The molecule has 2 aromatic rings. The topological polar surface area (TPSA) is 63.2 Å². The summed E-state index contributed by atoms with van der Waals surface area (Å²) < 4.78 is 11.5. The highest BCUT2D eigenvalue weighted by molar-refractivity contribution is 6.31. The Morgan fingerprint density at radius 3 is 2.94 bits per heavy atom. The maximum absolute atomic E-state index is 12.6. The lowest BCUT2D eigenvalue weighted by Crippen LogP contribution is -2.57. The van der Waals surface area contributed by atoms with Gasteiger partial charge < -0.3 is 19.7 Å². The van der Waals surface area contributed by atoms with Gasteiger partial charge in [-0.2, -0.15) is 0 Å². The molecule has 6 nitrogen and oxygen atoms in total. The number of aliphatic imine (C=N–C) groups is 1. The molecule has 7 heteroatoms. The number of piperazine rings is 1. The molecule has 2 aliphatic rings. The van der Waals surface area contributed by atoms with Crippen molar-refractivity contribution in [3.8, 4) is 11.5 Å². The summed E-state index contributed by atoms with van der Waals surface area (Å²) in [6.07, 6.45) is 1.71. The second-order valence-electron chi connectivity index (χ2n) is 7.80. The van der Waals surface area contributed by atoms with Crippen LogP contribution in [-0.2, 0) is 9.53 Å². The number of fused-ring (bicyclic) bond motifs is 2. The van der Waals surface area contributed by atoms with E-state index in [9.17, 15) is 4.79 Å². The Kier molecular flexibility index (Phi) is 6.78. The molecule has 2 aliphatic heterocycles. The zero-order valence-corrected chi connectivity index (χ0v) is 18.7. The van der Waals surface area contributed by atoms with Crippen LogP contribution < -0.4 is 10.1 Å². The Morgan fingerprint density at radius 1 is 1.29 bits per heavy atom. The van der Waals surface area contributed by atoms with E-state index in [2.05, 4.69) is 17.1 Å². The molecule has 0 amide bonds. The van der Waals surface area contributed by atoms with Crippen molar-refractivity contribution in [2.24, 2.45) is 10.9 Å². The molecule has 2 atom stereocenters. The molecule has 2 unspecified atom stereocenters. The number of hydrogen-bond acceptors (Lipinski definition) is 6. The third-order valence-corrected chi connectivity index (χ3v) is 5.91. The third-order valence-electron chi connectivity index (χ3n) is 5.67. The van der Waals surface area contributed by atoms with Crippen molar-refractivity contribution in [3.63, 3.8) is 0 Å². The maximum atomic E-state index is 12.6. The number of amidine groups is 1. The normalized spacial score (nSPS) is 18.7. The fraction of sp³-hybridized carbons (Fsp3) is 0.417. The van der Waals surface area contributed by atoms with Crippen LogP contribution in [0.4, 0.5) is 5.69 Å². The van der Waals surface area contributed by atoms with E-state index < -0.39 is 0 Å². The highest BCUT2D eigenvalue weighted by Crippen LogP contribution is 2.39. The summed E-state index contributed by atoms with van der Waals surface area (Å²) in [5, 5.41) is 4.14. The monoisotopic (exact) mass is 441 g/mol. The lowest BCUT2D eigenvalue weighted by molar-refractivity contribution is -0.149. The van der Waals surface area contributed by atoms with Crippen LogP contribution in [0.1, 0.15) is 32.3 Å². The average molecular weight is 442 g/mol. The van der Waals surface area contributed by atoms with E-state index in [1.165, 1.54) is 0 Å². The quantitative estimate of drug-likeness (QED) is 0.676. The van der Waals surface area contributed by atoms with Gasteiger partial charge in [-0.25, -0.2) is 4.99 Å². The van der Waals surface area contributed by atoms with Gasteiger partial charge in [-0.1, -0.05) is 37.1 Å². The van der Waals surface area contributed by atoms with E-state index in [4.69, 9.17) is 26.1 Å². The minimum atomic E-state index is -0.188. The second kappa shape index (κ2) is 9.71. The number of para-hydroxylation sites is 1. The first kappa shape index (κ1) is 21.7. The molecule has 1 fully saturated rings. The van der Waals surface area contributed by atoms with Gasteiger partial charge in [0.1, 0.15) is 17.3 Å². The molecule has 0 radical (unpaired) electrons. The van der Waals surface area contributed by atoms with Crippen LogP contribution in [0, 0.1) is 5.92 Å². The van der Waals surface area contributed by atoms with Gasteiger partial charge in [-0.15, -0.1) is 0 Å². The Balaban J connectivity index is 1.69. The van der Waals surface area contributed by atoms with E-state index >= 15 is 0 Å². The van der Waals surface area contributed by atoms with Gasteiger partial charge in [0.05, 0.1) is 18.1 Å². The molecule has 0 saturated carbocycles. The molecule has 2 heterocycles. The fourth-order valence-corrected chi connectivity index (χ4v) is 4.39. The predicted octanol–water partition coefficient (Wildman–Crippen LogP) is 4.78. The Morgan fingerprint density at radius 2 is 2.13 bits per heavy atom. The molecular weight excluding hydrogens is 414 g/mol. The molecule has 164 valence electrons. The second-order valence-corrected chi connectivity index (χ2v) is 8.24. The van der Waals surface area contributed by atoms with Crippen LogP contribution in [0.15, 0.2) is 47.5 Å². The van der Waals surface area contributed by atoms with Gasteiger partial charge in [0, 0.05) is 30.7 Å². The minimum Gasteiger partial charge on any atom is -0.466 e. The summed E-state index contributed by atoms with van der Waals surface area (Å²) in [5.41, 5.74) is 1.63. The maximum Gasteiger partial charge on any atom is 0.310 e. The van der Waals surface area contributed by atoms with Crippen molar-refractivity contribution < 1.29 is 14.3 Å². The van der Waals surface area contributed by atoms with Gasteiger partial charge in [-0.3, -0.25) is 4.79 Å². The van der Waals surface area contributed by atoms with Crippen LogP contribution in [0.5, 0.6) is 11.5 Å². The van der Waals surface area contributed by atoms with E-state index in [1.807, 2.05) is 43.3 Å². The largest absolute Gasteiger partial charge is 0.466 e. The summed E-state index contributed by atoms with van der Waals surface area (Å²) >= 11 is 6.24. The van der Waals surface area contributed by atoms with Crippen molar-refractivity contribution in [2.75, 3.05) is 26.2 Å². The SMILES string of the molecule is CCCC(C(=O)OCC)C1CN(C2=Nc3cc(Cl)ccc3Oc3ccccc32)CCN1. The lowest BCUT2D eigenvalue weighted by atomic mass is 9.92. The Hall–Kier alpha value is -2.57. The zero-order valence-electron chi connectivity index (χ0n) is 17.9. The summed E-state index contributed by atoms with van der Waals surface area (Å²) in [7, 11) is 0. The summed E-state index contributed by atoms with van der Waals surface area (Å²) in [4.78, 5) is 19.8. The summed E-state index contributed by atoms with van der Waals surface area (Å²) in [6.45, 7) is 6.53. The number of hydrogen-bond donors (Lipinski definition) is 1. The number of carbonyl (C=O) groups is 1. The first-order valence-electron chi connectivity index (χ1n) is 10.9. The van der Waals surface area contributed by atoms with Crippen molar-refractivity contribution in [2.45, 2.75) is 32.7 Å².